The second-order valence-electron chi connectivity index (χ2n) is 4.03. The van der Waals surface area contributed by atoms with Gasteiger partial charge >= 0.3 is 6.18 Å². The summed E-state index contributed by atoms with van der Waals surface area (Å²) in [5, 5.41) is -0.904. The summed E-state index contributed by atoms with van der Waals surface area (Å²) in [6.45, 7) is 0. The number of ether oxygens (including phenoxy) is 1. The summed E-state index contributed by atoms with van der Waals surface area (Å²) < 4.78 is 44.2. The van der Waals surface area contributed by atoms with Crippen LogP contribution < -0.4 is 4.74 Å². The summed E-state index contributed by atoms with van der Waals surface area (Å²) in [7, 11) is 1.50. The lowest BCUT2D eigenvalue weighted by Gasteiger charge is -2.10. The molecule has 2 nitrogen and oxygen atoms in total. The van der Waals surface area contributed by atoms with Crippen LogP contribution in [-0.4, -0.2) is 18.3 Å². The van der Waals surface area contributed by atoms with Gasteiger partial charge in [-0.15, -0.1) is 0 Å². The number of methoxy groups -OCH3 is 1. The molecule has 0 N–H and O–H groups in total. The van der Waals surface area contributed by atoms with Crippen molar-refractivity contribution in [1.82, 2.24) is 0 Å². The number of thioether (sulfide) groups is 1. The average Bonchev–Trinajstić information content (AvgIpc) is 2.47. The minimum atomic E-state index is -4.50. The van der Waals surface area contributed by atoms with Crippen molar-refractivity contribution in [2.45, 2.75) is 11.1 Å². The van der Waals surface area contributed by atoms with Crippen LogP contribution >= 0.6 is 11.8 Å². The van der Waals surface area contributed by atoms with E-state index in [1.165, 1.54) is 19.2 Å². The molecule has 2 aromatic rings. The fourth-order valence-electron chi connectivity index (χ4n) is 1.52. The Bertz CT molecular complexity index is 609. The summed E-state index contributed by atoms with van der Waals surface area (Å²) in [5.41, 5.74) is 0.269. The Hall–Kier alpha value is -1.95. The maximum absolute atomic E-state index is 13.1. The third-order valence-electron chi connectivity index (χ3n) is 2.50. The summed E-state index contributed by atoms with van der Waals surface area (Å²) in [5.74, 6) is 0.591. The van der Waals surface area contributed by atoms with Gasteiger partial charge in [0.15, 0.2) is 5.04 Å². The van der Waals surface area contributed by atoms with Crippen LogP contribution in [0.1, 0.15) is 0 Å². The van der Waals surface area contributed by atoms with Gasteiger partial charge in [0.05, 0.1) is 12.8 Å². The van der Waals surface area contributed by atoms with Crippen LogP contribution in [-0.2, 0) is 0 Å². The maximum atomic E-state index is 13.1. The van der Waals surface area contributed by atoms with Gasteiger partial charge in [0.1, 0.15) is 5.75 Å². The molecule has 110 valence electrons. The van der Waals surface area contributed by atoms with Gasteiger partial charge in [0, 0.05) is 4.90 Å². The molecule has 0 aliphatic rings. The van der Waals surface area contributed by atoms with E-state index in [9.17, 15) is 13.2 Å². The standard InChI is InChI=1S/C15H12F3NOS/c1-20-12-7-9-13(10-8-12)21-14(15(16,17)18)19-11-5-3-2-4-6-11/h2-10H,1H3. The Morgan fingerprint density at radius 3 is 2.14 bits per heavy atom. The molecule has 2 rings (SSSR count). The number of alkyl halides is 3. The van der Waals surface area contributed by atoms with Crippen molar-refractivity contribution >= 4 is 22.5 Å². The molecule has 0 amide bonds. The number of benzene rings is 2. The highest BCUT2D eigenvalue weighted by atomic mass is 32.2. The highest BCUT2D eigenvalue weighted by Gasteiger charge is 2.36. The Morgan fingerprint density at radius 1 is 1.00 bits per heavy atom. The van der Waals surface area contributed by atoms with Crippen molar-refractivity contribution < 1.29 is 17.9 Å². The van der Waals surface area contributed by atoms with Gasteiger partial charge in [-0.2, -0.15) is 13.2 Å². The molecule has 0 spiro atoms. The van der Waals surface area contributed by atoms with E-state index in [4.69, 9.17) is 4.74 Å². The molecule has 0 saturated carbocycles. The number of hydrogen-bond donors (Lipinski definition) is 0. The van der Waals surface area contributed by atoms with Crippen molar-refractivity contribution in [2.24, 2.45) is 4.99 Å². The summed E-state index contributed by atoms with van der Waals surface area (Å²) in [6.07, 6.45) is -4.50. The van der Waals surface area contributed by atoms with Gasteiger partial charge in [-0.25, -0.2) is 4.99 Å². The van der Waals surface area contributed by atoms with Crippen molar-refractivity contribution in [3.8, 4) is 5.75 Å². The van der Waals surface area contributed by atoms with Gasteiger partial charge in [-0.05, 0) is 36.4 Å². The third kappa shape index (κ3) is 4.53. The molecule has 0 aromatic heterocycles. The van der Waals surface area contributed by atoms with Gasteiger partial charge in [0.25, 0.3) is 0 Å². The lowest BCUT2D eigenvalue weighted by Crippen LogP contribution is -2.19. The fraction of sp³-hybridized carbons (Fsp3) is 0.133. The zero-order valence-electron chi connectivity index (χ0n) is 11.1. The van der Waals surface area contributed by atoms with Crippen molar-refractivity contribution in [1.29, 1.82) is 0 Å². The molecule has 0 aliphatic carbocycles. The van der Waals surface area contributed by atoms with Crippen LogP contribution in [0.2, 0.25) is 0 Å². The normalized spacial score (nSPS) is 12.3. The molecule has 0 unspecified atom stereocenters. The van der Waals surface area contributed by atoms with E-state index >= 15 is 0 Å². The number of halogens is 3. The van der Waals surface area contributed by atoms with E-state index in [1.54, 1.807) is 42.5 Å². The minimum Gasteiger partial charge on any atom is -0.497 e. The van der Waals surface area contributed by atoms with Crippen LogP contribution in [0.5, 0.6) is 5.75 Å². The quantitative estimate of drug-likeness (QED) is 0.448. The van der Waals surface area contributed by atoms with E-state index in [0.717, 1.165) is 0 Å². The highest BCUT2D eigenvalue weighted by Crippen LogP contribution is 2.33. The van der Waals surface area contributed by atoms with Gasteiger partial charge < -0.3 is 4.74 Å². The molecule has 0 atom stereocenters. The van der Waals surface area contributed by atoms with Crippen molar-refractivity contribution in [2.75, 3.05) is 7.11 Å². The second-order valence-corrected chi connectivity index (χ2v) is 5.09. The number of hydrogen-bond acceptors (Lipinski definition) is 3. The molecule has 0 radical (unpaired) electrons. The first kappa shape index (κ1) is 15.4. The van der Waals surface area contributed by atoms with E-state index < -0.39 is 11.2 Å². The van der Waals surface area contributed by atoms with Crippen LogP contribution in [0, 0.1) is 0 Å². The first-order valence-corrected chi connectivity index (χ1v) is 6.83. The molecule has 0 aliphatic heterocycles. The summed E-state index contributed by atoms with van der Waals surface area (Å²) in [6, 6.07) is 14.4. The number of nitrogens with zero attached hydrogens (tertiary/aromatic N) is 1. The Kier molecular flexibility index (Phi) is 4.90. The Balaban J connectivity index is 2.27. The van der Waals surface area contributed by atoms with Crippen molar-refractivity contribution in [3.05, 3.63) is 54.6 Å². The molecule has 6 heteroatoms. The fourth-order valence-corrected chi connectivity index (χ4v) is 2.28. The first-order chi connectivity index (χ1) is 9.99. The molecule has 2 aromatic carbocycles. The van der Waals surface area contributed by atoms with Gasteiger partial charge in [-0.3, -0.25) is 0 Å². The van der Waals surface area contributed by atoms with Gasteiger partial charge in [0.2, 0.25) is 0 Å². The molecule has 0 bridgehead atoms. The maximum Gasteiger partial charge on any atom is 0.439 e. The molecular weight excluding hydrogens is 299 g/mol. The number of para-hydroxylation sites is 1. The van der Waals surface area contributed by atoms with E-state index in [2.05, 4.69) is 4.99 Å². The SMILES string of the molecule is COc1ccc(SC(=Nc2ccccc2)C(F)(F)F)cc1. The lowest BCUT2D eigenvalue weighted by molar-refractivity contribution is -0.0553. The zero-order chi connectivity index (χ0) is 15.3. The number of rotatable bonds is 3. The van der Waals surface area contributed by atoms with Crippen LogP contribution in [0.15, 0.2) is 64.5 Å². The van der Waals surface area contributed by atoms with Gasteiger partial charge in [-0.1, -0.05) is 30.0 Å². The summed E-state index contributed by atoms with van der Waals surface area (Å²) >= 11 is 0.579. The predicted octanol–water partition coefficient (Wildman–Crippen LogP) is 5.08. The molecule has 21 heavy (non-hydrogen) atoms. The average molecular weight is 311 g/mol. The van der Waals surface area contributed by atoms with Crippen molar-refractivity contribution in [3.63, 3.8) is 0 Å². The number of aliphatic imine (C=N–C) groups is 1. The third-order valence-corrected chi connectivity index (χ3v) is 3.53. The Morgan fingerprint density at radius 2 is 1.62 bits per heavy atom. The zero-order valence-corrected chi connectivity index (χ0v) is 11.9. The largest absolute Gasteiger partial charge is 0.497 e. The highest BCUT2D eigenvalue weighted by molar-refractivity contribution is 8.14. The molecule has 0 saturated heterocycles. The van der Waals surface area contributed by atoms with Crippen LogP contribution in [0.3, 0.4) is 0 Å². The molecule has 0 fully saturated rings. The predicted molar refractivity (Wildman–Crippen MR) is 78.4 cm³/mol. The minimum absolute atomic E-state index is 0.269. The second kappa shape index (κ2) is 6.67. The Labute approximate surface area is 124 Å². The topological polar surface area (TPSA) is 21.6 Å². The van der Waals surface area contributed by atoms with Crippen LogP contribution in [0.25, 0.3) is 0 Å². The lowest BCUT2D eigenvalue weighted by atomic mass is 10.3. The van der Waals surface area contributed by atoms with E-state index in [-0.39, 0.29) is 5.69 Å². The monoisotopic (exact) mass is 311 g/mol. The molecular formula is C15H12F3NOS. The summed E-state index contributed by atoms with van der Waals surface area (Å²) in [4.78, 5) is 4.14. The smallest absolute Gasteiger partial charge is 0.439 e. The first-order valence-electron chi connectivity index (χ1n) is 6.02. The molecule has 0 heterocycles. The van der Waals surface area contributed by atoms with E-state index in [1.807, 2.05) is 0 Å². The van der Waals surface area contributed by atoms with Crippen LogP contribution in [0.4, 0.5) is 18.9 Å². The van der Waals surface area contributed by atoms with E-state index in [0.29, 0.717) is 22.4 Å².